The lowest BCUT2D eigenvalue weighted by Gasteiger charge is -2.36. The van der Waals surface area contributed by atoms with Gasteiger partial charge in [0.1, 0.15) is 6.61 Å². The van der Waals surface area contributed by atoms with Gasteiger partial charge >= 0.3 is 0 Å². The molecule has 0 spiro atoms. The smallest absolute Gasteiger partial charge is 0.245 e. The zero-order valence-electron chi connectivity index (χ0n) is 11.7. The standard InChI is InChI=1S/C13H23N5O/c1-9(2)19-8-12-15-13(17-16-12)18-5-3-4-10-6-14-7-11(10)18/h9-11,14H,3-8H2,1-2H3,(H,15,16,17). The molecule has 2 saturated heterocycles. The van der Waals surface area contributed by atoms with Crippen LogP contribution in [0.2, 0.25) is 0 Å². The maximum Gasteiger partial charge on any atom is 0.245 e. The van der Waals surface area contributed by atoms with Crippen LogP contribution in [0.1, 0.15) is 32.5 Å². The number of piperidine rings is 1. The highest BCUT2D eigenvalue weighted by Crippen LogP contribution is 2.28. The van der Waals surface area contributed by atoms with Gasteiger partial charge in [0, 0.05) is 25.7 Å². The van der Waals surface area contributed by atoms with Crippen LogP contribution < -0.4 is 10.2 Å². The first-order valence-electron chi connectivity index (χ1n) is 7.24. The molecule has 0 amide bonds. The van der Waals surface area contributed by atoms with Crippen molar-refractivity contribution in [3.63, 3.8) is 0 Å². The molecule has 0 aromatic carbocycles. The predicted molar refractivity (Wildman–Crippen MR) is 73.0 cm³/mol. The lowest BCUT2D eigenvalue weighted by atomic mass is 9.92. The number of H-pyrrole nitrogens is 1. The number of hydrogen-bond donors (Lipinski definition) is 2. The number of hydrogen-bond acceptors (Lipinski definition) is 5. The van der Waals surface area contributed by atoms with Crippen molar-refractivity contribution >= 4 is 5.95 Å². The highest BCUT2D eigenvalue weighted by molar-refractivity contribution is 5.33. The molecule has 0 radical (unpaired) electrons. The van der Waals surface area contributed by atoms with Gasteiger partial charge in [-0.05, 0) is 32.6 Å². The topological polar surface area (TPSA) is 66.1 Å². The van der Waals surface area contributed by atoms with E-state index in [1.54, 1.807) is 0 Å². The van der Waals surface area contributed by atoms with Crippen LogP contribution in [0, 0.1) is 5.92 Å². The summed E-state index contributed by atoms with van der Waals surface area (Å²) in [4.78, 5) is 6.92. The van der Waals surface area contributed by atoms with Crippen LogP contribution in [0.5, 0.6) is 0 Å². The molecule has 2 aliphatic heterocycles. The Kier molecular flexibility index (Phi) is 3.70. The second-order valence-corrected chi connectivity index (χ2v) is 5.76. The Morgan fingerprint density at radius 3 is 3.16 bits per heavy atom. The van der Waals surface area contributed by atoms with Crippen LogP contribution in [-0.4, -0.2) is 47.0 Å². The van der Waals surface area contributed by atoms with Crippen LogP contribution in [-0.2, 0) is 11.3 Å². The Bertz CT molecular complexity index is 419. The average molecular weight is 265 g/mol. The molecule has 2 aliphatic rings. The van der Waals surface area contributed by atoms with Gasteiger partial charge in [-0.15, -0.1) is 5.10 Å². The first kappa shape index (κ1) is 12.9. The third-order valence-corrected chi connectivity index (χ3v) is 4.01. The summed E-state index contributed by atoms with van der Waals surface area (Å²) in [5.74, 6) is 2.40. The number of aromatic nitrogens is 3. The fourth-order valence-corrected chi connectivity index (χ4v) is 3.04. The van der Waals surface area contributed by atoms with E-state index >= 15 is 0 Å². The Labute approximate surface area is 113 Å². The lowest BCUT2D eigenvalue weighted by molar-refractivity contribution is 0.0615. The van der Waals surface area contributed by atoms with Gasteiger partial charge in [-0.2, -0.15) is 4.98 Å². The Morgan fingerprint density at radius 2 is 2.32 bits per heavy atom. The van der Waals surface area contributed by atoms with Gasteiger partial charge in [-0.3, -0.25) is 5.10 Å². The number of rotatable bonds is 4. The number of ether oxygens (including phenoxy) is 1. The van der Waals surface area contributed by atoms with E-state index in [1.165, 1.54) is 12.8 Å². The number of nitrogens with one attached hydrogen (secondary N) is 2. The molecule has 6 nitrogen and oxygen atoms in total. The van der Waals surface area contributed by atoms with Crippen molar-refractivity contribution < 1.29 is 4.74 Å². The van der Waals surface area contributed by atoms with Crippen molar-refractivity contribution in [2.45, 2.75) is 45.4 Å². The van der Waals surface area contributed by atoms with E-state index in [-0.39, 0.29) is 6.10 Å². The zero-order chi connectivity index (χ0) is 13.2. The summed E-state index contributed by atoms with van der Waals surface area (Å²) in [6.07, 6.45) is 2.77. The molecular formula is C13H23N5O. The second-order valence-electron chi connectivity index (χ2n) is 5.76. The first-order chi connectivity index (χ1) is 9.24. The highest BCUT2D eigenvalue weighted by atomic mass is 16.5. The van der Waals surface area contributed by atoms with E-state index in [1.807, 2.05) is 13.8 Å². The average Bonchev–Trinajstić information content (AvgIpc) is 3.04. The molecule has 1 aromatic rings. The number of anilines is 1. The summed E-state index contributed by atoms with van der Waals surface area (Å²) < 4.78 is 5.55. The van der Waals surface area contributed by atoms with Gasteiger partial charge in [0.15, 0.2) is 5.82 Å². The fraction of sp³-hybridized carbons (Fsp3) is 0.846. The molecule has 3 heterocycles. The molecule has 3 rings (SSSR count). The molecule has 2 N–H and O–H groups in total. The molecule has 19 heavy (non-hydrogen) atoms. The van der Waals surface area contributed by atoms with Crippen LogP contribution in [0.3, 0.4) is 0 Å². The molecule has 2 fully saturated rings. The summed E-state index contributed by atoms with van der Waals surface area (Å²) in [7, 11) is 0. The normalized spacial score (nSPS) is 27.0. The summed E-state index contributed by atoms with van der Waals surface area (Å²) >= 11 is 0. The van der Waals surface area contributed by atoms with Gasteiger partial charge in [0.25, 0.3) is 0 Å². The summed E-state index contributed by atoms with van der Waals surface area (Å²) in [5, 5.41) is 10.8. The van der Waals surface area contributed by atoms with E-state index in [2.05, 4.69) is 25.4 Å². The van der Waals surface area contributed by atoms with Crippen molar-refractivity contribution in [3.8, 4) is 0 Å². The van der Waals surface area contributed by atoms with Crippen molar-refractivity contribution in [2.75, 3.05) is 24.5 Å². The lowest BCUT2D eigenvalue weighted by Crippen LogP contribution is -2.45. The van der Waals surface area contributed by atoms with Crippen molar-refractivity contribution in [1.29, 1.82) is 0 Å². The van der Waals surface area contributed by atoms with Crippen molar-refractivity contribution in [3.05, 3.63) is 5.82 Å². The molecule has 0 saturated carbocycles. The van der Waals surface area contributed by atoms with Crippen molar-refractivity contribution in [2.24, 2.45) is 5.92 Å². The van der Waals surface area contributed by atoms with Crippen molar-refractivity contribution in [1.82, 2.24) is 20.5 Å². The quantitative estimate of drug-likeness (QED) is 0.847. The van der Waals surface area contributed by atoms with E-state index in [0.29, 0.717) is 12.6 Å². The molecule has 1 aromatic heterocycles. The van der Waals surface area contributed by atoms with Crippen LogP contribution in [0.25, 0.3) is 0 Å². The largest absolute Gasteiger partial charge is 0.371 e. The summed E-state index contributed by atoms with van der Waals surface area (Å²) in [6.45, 7) is 7.80. The minimum Gasteiger partial charge on any atom is -0.371 e. The number of fused-ring (bicyclic) bond motifs is 1. The maximum absolute atomic E-state index is 5.55. The van der Waals surface area contributed by atoms with Gasteiger partial charge in [0.2, 0.25) is 5.95 Å². The number of aromatic amines is 1. The van der Waals surface area contributed by atoms with Crippen LogP contribution in [0.4, 0.5) is 5.95 Å². The molecule has 2 atom stereocenters. The summed E-state index contributed by atoms with van der Waals surface area (Å²) in [6, 6.07) is 0.559. The van der Waals surface area contributed by atoms with Gasteiger partial charge in [0.05, 0.1) is 6.10 Å². The van der Waals surface area contributed by atoms with Gasteiger partial charge < -0.3 is 15.0 Å². The molecule has 6 heteroatoms. The van der Waals surface area contributed by atoms with E-state index in [9.17, 15) is 0 Å². The highest BCUT2D eigenvalue weighted by Gasteiger charge is 2.36. The molecule has 0 aliphatic carbocycles. The minimum absolute atomic E-state index is 0.215. The Balaban J connectivity index is 1.67. The monoisotopic (exact) mass is 265 g/mol. The molecule has 0 bridgehead atoms. The third-order valence-electron chi connectivity index (χ3n) is 4.01. The Hall–Kier alpha value is -1.14. The van der Waals surface area contributed by atoms with E-state index < -0.39 is 0 Å². The third kappa shape index (κ3) is 2.74. The Morgan fingerprint density at radius 1 is 1.42 bits per heavy atom. The van der Waals surface area contributed by atoms with E-state index in [4.69, 9.17) is 4.74 Å². The zero-order valence-corrected chi connectivity index (χ0v) is 11.7. The van der Waals surface area contributed by atoms with Gasteiger partial charge in [-0.25, -0.2) is 0 Å². The van der Waals surface area contributed by atoms with Crippen LogP contribution >= 0.6 is 0 Å². The first-order valence-corrected chi connectivity index (χ1v) is 7.24. The van der Waals surface area contributed by atoms with Gasteiger partial charge in [-0.1, -0.05) is 0 Å². The SMILES string of the molecule is CC(C)OCc1nc(N2CCCC3CNCC32)n[nH]1. The minimum atomic E-state index is 0.215. The second kappa shape index (κ2) is 5.46. The van der Waals surface area contributed by atoms with E-state index in [0.717, 1.165) is 37.3 Å². The molecular weight excluding hydrogens is 242 g/mol. The molecule has 106 valence electrons. The maximum atomic E-state index is 5.55. The number of nitrogens with zero attached hydrogens (tertiary/aromatic N) is 3. The van der Waals surface area contributed by atoms with Crippen LogP contribution in [0.15, 0.2) is 0 Å². The fourth-order valence-electron chi connectivity index (χ4n) is 3.04. The predicted octanol–water partition coefficient (Wildman–Crippen LogP) is 0.918. The molecule has 2 unspecified atom stereocenters. The summed E-state index contributed by atoms with van der Waals surface area (Å²) in [5.41, 5.74) is 0.